The minimum atomic E-state index is -0.464. The van der Waals surface area contributed by atoms with Crippen molar-refractivity contribution < 1.29 is 13.9 Å². The van der Waals surface area contributed by atoms with E-state index in [1.165, 1.54) is 17.0 Å². The summed E-state index contributed by atoms with van der Waals surface area (Å²) < 4.78 is 18.4. The van der Waals surface area contributed by atoms with E-state index in [0.29, 0.717) is 13.2 Å². The molecule has 1 unspecified atom stereocenters. The third-order valence-corrected chi connectivity index (χ3v) is 3.42. The minimum Gasteiger partial charge on any atom is -0.383 e. The normalized spacial score (nSPS) is 12.3. The van der Waals surface area contributed by atoms with Gasteiger partial charge in [-0.2, -0.15) is 0 Å². The van der Waals surface area contributed by atoms with E-state index in [0.717, 1.165) is 0 Å². The van der Waals surface area contributed by atoms with E-state index in [1.807, 2.05) is 0 Å². The number of hydrogen-bond donors (Lipinski definition) is 0. The number of alkyl halides is 1. The Bertz CT molecular complexity index is 431. The van der Waals surface area contributed by atoms with E-state index in [9.17, 15) is 9.18 Å². The Morgan fingerprint density at radius 3 is 2.89 bits per heavy atom. The highest BCUT2D eigenvalue weighted by molar-refractivity contribution is 9.10. The number of hydrogen-bond acceptors (Lipinski definition) is 2. The lowest BCUT2D eigenvalue weighted by Gasteiger charge is -2.20. The molecule has 0 heterocycles. The van der Waals surface area contributed by atoms with Gasteiger partial charge in [-0.05, 0) is 28.1 Å². The van der Waals surface area contributed by atoms with Crippen molar-refractivity contribution in [3.63, 3.8) is 0 Å². The van der Waals surface area contributed by atoms with Crippen molar-refractivity contribution in [3.8, 4) is 0 Å². The molecule has 0 fully saturated rings. The van der Waals surface area contributed by atoms with Crippen LogP contribution in [0.2, 0.25) is 0 Å². The standard InChI is InChI=1S/C12H14BrClFNO2/c1-16(6-8(14)7-18-2)12(17)9-4-3-5-10(15)11(9)13/h3-5,8H,6-7H2,1-2H3. The second kappa shape index (κ2) is 7.07. The number of benzene rings is 1. The second-order valence-corrected chi connectivity index (χ2v) is 5.25. The molecule has 1 aromatic rings. The second-order valence-electron chi connectivity index (χ2n) is 3.84. The lowest BCUT2D eigenvalue weighted by Crippen LogP contribution is -2.34. The molecular formula is C12H14BrClFNO2. The van der Waals surface area contributed by atoms with Gasteiger partial charge in [-0.15, -0.1) is 11.6 Å². The number of ether oxygens (including phenoxy) is 1. The number of amides is 1. The largest absolute Gasteiger partial charge is 0.383 e. The maximum Gasteiger partial charge on any atom is 0.254 e. The van der Waals surface area contributed by atoms with Gasteiger partial charge in [0.15, 0.2) is 0 Å². The molecule has 0 saturated carbocycles. The molecule has 1 aromatic carbocycles. The summed E-state index contributed by atoms with van der Waals surface area (Å²) in [5, 5.41) is -0.295. The van der Waals surface area contributed by atoms with E-state index < -0.39 is 5.82 Å². The first-order valence-corrected chi connectivity index (χ1v) is 6.52. The van der Waals surface area contributed by atoms with Gasteiger partial charge < -0.3 is 9.64 Å². The van der Waals surface area contributed by atoms with Crippen molar-refractivity contribution in [3.05, 3.63) is 34.1 Å². The summed E-state index contributed by atoms with van der Waals surface area (Å²) in [6.07, 6.45) is 0. The first-order chi connectivity index (χ1) is 8.47. The summed E-state index contributed by atoms with van der Waals surface area (Å²) in [6.45, 7) is 0.681. The van der Waals surface area contributed by atoms with Crippen LogP contribution >= 0.6 is 27.5 Å². The van der Waals surface area contributed by atoms with Crippen molar-refractivity contribution in [1.82, 2.24) is 4.90 Å². The minimum absolute atomic E-state index is 0.166. The number of methoxy groups -OCH3 is 1. The maximum absolute atomic E-state index is 13.3. The predicted molar refractivity (Wildman–Crippen MR) is 72.6 cm³/mol. The van der Waals surface area contributed by atoms with Crippen LogP contribution in [-0.4, -0.2) is 43.5 Å². The summed E-state index contributed by atoms with van der Waals surface area (Å²) in [6, 6.07) is 4.34. The van der Waals surface area contributed by atoms with Crippen molar-refractivity contribution in [2.75, 3.05) is 27.3 Å². The molecular weight excluding hydrogens is 324 g/mol. The molecule has 0 aliphatic carbocycles. The molecule has 0 saturated heterocycles. The fraction of sp³-hybridized carbons (Fsp3) is 0.417. The predicted octanol–water partition coefficient (Wildman–Crippen LogP) is 2.91. The molecule has 0 aliphatic heterocycles. The van der Waals surface area contributed by atoms with E-state index in [1.54, 1.807) is 20.2 Å². The molecule has 18 heavy (non-hydrogen) atoms. The number of nitrogens with zero attached hydrogens (tertiary/aromatic N) is 1. The molecule has 100 valence electrons. The maximum atomic E-state index is 13.3. The van der Waals surface area contributed by atoms with Gasteiger partial charge in [0.25, 0.3) is 5.91 Å². The molecule has 0 bridgehead atoms. The van der Waals surface area contributed by atoms with Gasteiger partial charge in [-0.3, -0.25) is 4.79 Å². The fourth-order valence-corrected chi connectivity index (χ4v) is 2.26. The SMILES string of the molecule is COCC(Cl)CN(C)C(=O)c1cccc(F)c1Br. The smallest absolute Gasteiger partial charge is 0.254 e. The number of rotatable bonds is 5. The zero-order chi connectivity index (χ0) is 13.7. The third-order valence-electron chi connectivity index (χ3n) is 2.35. The van der Waals surface area contributed by atoms with Crippen LogP contribution in [0.4, 0.5) is 4.39 Å². The average molecular weight is 339 g/mol. The zero-order valence-electron chi connectivity index (χ0n) is 10.1. The van der Waals surface area contributed by atoms with Crippen LogP contribution in [0.25, 0.3) is 0 Å². The van der Waals surface area contributed by atoms with Gasteiger partial charge in [0, 0.05) is 20.7 Å². The summed E-state index contributed by atoms with van der Waals surface area (Å²) >= 11 is 9.04. The summed E-state index contributed by atoms with van der Waals surface area (Å²) in [4.78, 5) is 13.5. The van der Waals surface area contributed by atoms with Crippen molar-refractivity contribution in [1.29, 1.82) is 0 Å². The summed E-state index contributed by atoms with van der Waals surface area (Å²) in [7, 11) is 3.16. The highest BCUT2D eigenvalue weighted by Gasteiger charge is 2.19. The molecule has 0 aliphatic rings. The van der Waals surface area contributed by atoms with Crippen LogP contribution in [0.3, 0.4) is 0 Å². The highest BCUT2D eigenvalue weighted by Crippen LogP contribution is 2.21. The molecule has 1 atom stereocenters. The Morgan fingerprint density at radius 2 is 2.28 bits per heavy atom. The molecule has 1 rings (SSSR count). The lowest BCUT2D eigenvalue weighted by atomic mass is 10.2. The lowest BCUT2D eigenvalue weighted by molar-refractivity contribution is 0.0780. The first kappa shape index (κ1) is 15.4. The third kappa shape index (κ3) is 3.93. The van der Waals surface area contributed by atoms with E-state index in [4.69, 9.17) is 16.3 Å². The Labute approximate surface area is 119 Å². The van der Waals surface area contributed by atoms with Gasteiger partial charge in [0.1, 0.15) is 5.82 Å². The number of halogens is 3. The number of carbonyl (C=O) groups is 1. The Morgan fingerprint density at radius 1 is 1.61 bits per heavy atom. The Kier molecular flexibility index (Phi) is 6.05. The van der Waals surface area contributed by atoms with Crippen molar-refractivity contribution in [2.24, 2.45) is 0 Å². The van der Waals surface area contributed by atoms with Gasteiger partial charge in [0.2, 0.25) is 0 Å². The summed E-state index contributed by atoms with van der Waals surface area (Å²) in [5.41, 5.74) is 0.277. The van der Waals surface area contributed by atoms with E-state index in [-0.39, 0.29) is 21.3 Å². The highest BCUT2D eigenvalue weighted by atomic mass is 79.9. The van der Waals surface area contributed by atoms with E-state index in [2.05, 4.69) is 15.9 Å². The van der Waals surface area contributed by atoms with Crippen LogP contribution in [0.15, 0.2) is 22.7 Å². The van der Waals surface area contributed by atoms with Gasteiger partial charge in [-0.25, -0.2) is 4.39 Å². The first-order valence-electron chi connectivity index (χ1n) is 5.29. The van der Waals surface area contributed by atoms with E-state index >= 15 is 0 Å². The van der Waals surface area contributed by atoms with Crippen molar-refractivity contribution in [2.45, 2.75) is 5.38 Å². The molecule has 3 nitrogen and oxygen atoms in total. The van der Waals surface area contributed by atoms with Crippen LogP contribution in [0, 0.1) is 5.82 Å². The summed E-state index contributed by atoms with van der Waals surface area (Å²) in [5.74, 6) is -0.753. The van der Waals surface area contributed by atoms with Crippen LogP contribution < -0.4 is 0 Å². The molecule has 6 heteroatoms. The van der Waals surface area contributed by atoms with Gasteiger partial charge >= 0.3 is 0 Å². The quantitative estimate of drug-likeness (QED) is 0.773. The molecule has 0 radical (unpaired) electrons. The zero-order valence-corrected chi connectivity index (χ0v) is 12.5. The van der Waals surface area contributed by atoms with Gasteiger partial charge in [-0.1, -0.05) is 6.07 Å². The molecule has 0 N–H and O–H groups in total. The molecule has 0 aromatic heterocycles. The molecule has 0 spiro atoms. The monoisotopic (exact) mass is 337 g/mol. The Balaban J connectivity index is 2.77. The van der Waals surface area contributed by atoms with Crippen LogP contribution in [0.1, 0.15) is 10.4 Å². The van der Waals surface area contributed by atoms with Crippen molar-refractivity contribution >= 4 is 33.4 Å². The van der Waals surface area contributed by atoms with Crippen LogP contribution in [-0.2, 0) is 4.74 Å². The Hall–Kier alpha value is -0.650. The average Bonchev–Trinajstić information content (AvgIpc) is 2.32. The molecule has 1 amide bonds. The van der Waals surface area contributed by atoms with Crippen LogP contribution in [0.5, 0.6) is 0 Å². The van der Waals surface area contributed by atoms with Gasteiger partial charge in [0.05, 0.1) is 22.0 Å². The number of carbonyl (C=O) groups excluding carboxylic acids is 1. The topological polar surface area (TPSA) is 29.5 Å². The fourth-order valence-electron chi connectivity index (χ4n) is 1.49.